The second-order valence-electron chi connectivity index (χ2n) is 4.73. The van der Waals surface area contributed by atoms with Crippen molar-refractivity contribution in [2.75, 3.05) is 18.5 Å². The quantitative estimate of drug-likeness (QED) is 0.835. The van der Waals surface area contributed by atoms with Gasteiger partial charge in [0.1, 0.15) is 5.82 Å². The van der Waals surface area contributed by atoms with Crippen LogP contribution in [0.15, 0.2) is 23.1 Å². The lowest BCUT2D eigenvalue weighted by Crippen LogP contribution is -2.33. The molecule has 108 valence electrons. The Balaban J connectivity index is 2.82. The van der Waals surface area contributed by atoms with Gasteiger partial charge in [0.15, 0.2) is 0 Å². The van der Waals surface area contributed by atoms with E-state index in [0.717, 1.165) is 6.07 Å². The van der Waals surface area contributed by atoms with E-state index >= 15 is 0 Å². The maximum absolute atomic E-state index is 13.7. The predicted octanol–water partition coefficient (Wildman–Crippen LogP) is 1.70. The molecular weight excluding hydrogens is 271 g/mol. The maximum atomic E-state index is 13.7. The summed E-state index contributed by atoms with van der Waals surface area (Å²) in [4.78, 5) is -0.250. The minimum atomic E-state index is -3.89. The van der Waals surface area contributed by atoms with Gasteiger partial charge in [-0.05, 0) is 39.0 Å². The summed E-state index contributed by atoms with van der Waals surface area (Å²) in [5.41, 5.74) is -0.236. The molecule has 0 aliphatic rings. The van der Waals surface area contributed by atoms with Crippen LogP contribution in [-0.4, -0.2) is 27.2 Å². The Bertz CT molecular complexity index is 544. The van der Waals surface area contributed by atoms with Crippen LogP contribution < -0.4 is 10.5 Å². The van der Waals surface area contributed by atoms with E-state index in [1.807, 2.05) is 20.8 Å². The number of sulfonamides is 1. The van der Waals surface area contributed by atoms with Crippen molar-refractivity contribution in [1.29, 1.82) is 0 Å². The molecule has 1 aromatic rings. The number of ether oxygens (including phenoxy) is 1. The van der Waals surface area contributed by atoms with Crippen molar-refractivity contribution >= 4 is 15.7 Å². The van der Waals surface area contributed by atoms with Crippen molar-refractivity contribution in [2.24, 2.45) is 5.14 Å². The molecule has 0 amide bonds. The number of nitrogens with two attached hydrogens (primary N) is 1. The van der Waals surface area contributed by atoms with Gasteiger partial charge in [-0.15, -0.1) is 0 Å². The molecule has 1 rings (SSSR count). The summed E-state index contributed by atoms with van der Waals surface area (Å²) < 4.78 is 41.3. The number of nitrogens with one attached hydrogen (secondary N) is 1. The van der Waals surface area contributed by atoms with Gasteiger partial charge in [0.25, 0.3) is 0 Å². The van der Waals surface area contributed by atoms with E-state index in [1.165, 1.54) is 12.1 Å². The number of hydrogen-bond donors (Lipinski definition) is 2. The highest BCUT2D eigenvalue weighted by Gasteiger charge is 2.18. The lowest BCUT2D eigenvalue weighted by molar-refractivity contribution is 0.000660. The smallest absolute Gasteiger partial charge is 0.238 e. The number of rotatable bonds is 6. The molecule has 0 atom stereocenters. The predicted molar refractivity (Wildman–Crippen MR) is 72.0 cm³/mol. The molecule has 0 radical (unpaired) electrons. The maximum Gasteiger partial charge on any atom is 0.238 e. The average Bonchev–Trinajstić information content (AvgIpc) is 2.26. The highest BCUT2D eigenvalue weighted by Crippen LogP contribution is 2.19. The largest absolute Gasteiger partial charge is 0.380 e. The molecule has 3 N–H and O–H groups in total. The molecule has 0 heterocycles. The molecule has 0 unspecified atom stereocenters. The third-order valence-corrected chi connectivity index (χ3v) is 3.42. The SMILES string of the molecule is CCOC(C)(C)CNc1ccc(S(N)(=O)=O)cc1F. The highest BCUT2D eigenvalue weighted by molar-refractivity contribution is 7.89. The van der Waals surface area contributed by atoms with E-state index < -0.39 is 21.4 Å². The van der Waals surface area contributed by atoms with E-state index in [9.17, 15) is 12.8 Å². The summed E-state index contributed by atoms with van der Waals surface area (Å²) in [6, 6.07) is 3.50. The van der Waals surface area contributed by atoms with Gasteiger partial charge in [-0.3, -0.25) is 0 Å². The number of halogens is 1. The van der Waals surface area contributed by atoms with Gasteiger partial charge in [0.2, 0.25) is 10.0 Å². The molecule has 0 aromatic heterocycles. The first kappa shape index (κ1) is 15.9. The van der Waals surface area contributed by atoms with Crippen LogP contribution in [0.25, 0.3) is 0 Å². The number of anilines is 1. The molecule has 19 heavy (non-hydrogen) atoms. The van der Waals surface area contributed by atoms with Crippen molar-refractivity contribution in [3.8, 4) is 0 Å². The van der Waals surface area contributed by atoms with Crippen molar-refractivity contribution < 1.29 is 17.5 Å². The lowest BCUT2D eigenvalue weighted by atomic mass is 10.1. The monoisotopic (exact) mass is 290 g/mol. The van der Waals surface area contributed by atoms with Crippen LogP contribution in [0.3, 0.4) is 0 Å². The molecule has 0 spiro atoms. The molecule has 5 nitrogen and oxygen atoms in total. The Morgan fingerprint density at radius 3 is 2.53 bits per heavy atom. The van der Waals surface area contributed by atoms with Gasteiger partial charge in [-0.2, -0.15) is 0 Å². The first-order chi connectivity index (χ1) is 8.65. The second-order valence-corrected chi connectivity index (χ2v) is 6.29. The molecule has 0 fully saturated rings. The molecular formula is C12H19FN2O3S. The first-order valence-electron chi connectivity index (χ1n) is 5.86. The Labute approximate surface area is 113 Å². The van der Waals surface area contributed by atoms with Gasteiger partial charge >= 0.3 is 0 Å². The van der Waals surface area contributed by atoms with Crippen LogP contribution in [0.4, 0.5) is 10.1 Å². The van der Waals surface area contributed by atoms with Gasteiger partial charge in [-0.25, -0.2) is 17.9 Å². The van der Waals surface area contributed by atoms with Crippen molar-refractivity contribution in [3.05, 3.63) is 24.0 Å². The third kappa shape index (κ3) is 4.77. The zero-order valence-corrected chi connectivity index (χ0v) is 12.1. The molecule has 0 aliphatic heterocycles. The van der Waals surface area contributed by atoms with Crippen molar-refractivity contribution in [3.63, 3.8) is 0 Å². The van der Waals surface area contributed by atoms with E-state index in [2.05, 4.69) is 5.32 Å². The van der Waals surface area contributed by atoms with E-state index in [-0.39, 0.29) is 10.6 Å². The Morgan fingerprint density at radius 2 is 2.05 bits per heavy atom. The van der Waals surface area contributed by atoms with Crippen molar-refractivity contribution in [2.45, 2.75) is 31.3 Å². The Hall–Kier alpha value is -1.18. The third-order valence-electron chi connectivity index (χ3n) is 2.51. The van der Waals surface area contributed by atoms with Gasteiger partial charge in [0, 0.05) is 13.2 Å². The minimum Gasteiger partial charge on any atom is -0.380 e. The average molecular weight is 290 g/mol. The van der Waals surface area contributed by atoms with Crippen LogP contribution in [0, 0.1) is 5.82 Å². The van der Waals surface area contributed by atoms with E-state index in [0.29, 0.717) is 13.2 Å². The molecule has 7 heteroatoms. The standard InChI is InChI=1S/C12H19FN2O3S/c1-4-18-12(2,3)8-15-11-6-5-9(7-10(11)13)19(14,16)17/h5-7,15H,4,8H2,1-3H3,(H2,14,16,17). The lowest BCUT2D eigenvalue weighted by Gasteiger charge is -2.25. The van der Waals surface area contributed by atoms with Crippen LogP contribution in [-0.2, 0) is 14.8 Å². The van der Waals surface area contributed by atoms with Crippen LogP contribution in [0.2, 0.25) is 0 Å². The zero-order valence-electron chi connectivity index (χ0n) is 11.2. The topological polar surface area (TPSA) is 81.4 Å². The van der Waals surface area contributed by atoms with E-state index in [1.54, 1.807) is 0 Å². The summed E-state index contributed by atoms with van der Waals surface area (Å²) in [6.07, 6.45) is 0. The fourth-order valence-corrected chi connectivity index (χ4v) is 2.09. The molecule has 0 saturated carbocycles. The zero-order chi connectivity index (χ0) is 14.7. The summed E-state index contributed by atoms with van der Waals surface area (Å²) in [5.74, 6) is -0.668. The molecule has 0 aliphatic carbocycles. The first-order valence-corrected chi connectivity index (χ1v) is 7.40. The highest BCUT2D eigenvalue weighted by atomic mass is 32.2. The summed E-state index contributed by atoms with van der Waals surface area (Å²) >= 11 is 0. The summed E-state index contributed by atoms with van der Waals surface area (Å²) in [5, 5.41) is 7.80. The van der Waals surface area contributed by atoms with Crippen LogP contribution in [0.5, 0.6) is 0 Å². The Kier molecular flexibility index (Phi) is 4.89. The number of primary sulfonamides is 1. The second kappa shape index (κ2) is 5.85. The fourth-order valence-electron chi connectivity index (χ4n) is 1.57. The van der Waals surface area contributed by atoms with Gasteiger partial charge in [0.05, 0.1) is 16.2 Å². The van der Waals surface area contributed by atoms with Crippen molar-refractivity contribution in [1.82, 2.24) is 0 Å². The number of hydrogen-bond acceptors (Lipinski definition) is 4. The Morgan fingerprint density at radius 1 is 1.42 bits per heavy atom. The molecule has 1 aromatic carbocycles. The number of benzene rings is 1. The molecule has 0 saturated heterocycles. The van der Waals surface area contributed by atoms with Crippen LogP contribution in [0.1, 0.15) is 20.8 Å². The normalized spacial score (nSPS) is 12.5. The summed E-state index contributed by atoms with van der Waals surface area (Å²) in [6.45, 7) is 6.58. The van der Waals surface area contributed by atoms with E-state index in [4.69, 9.17) is 9.88 Å². The van der Waals surface area contributed by atoms with Crippen LogP contribution >= 0.6 is 0 Å². The summed E-state index contributed by atoms with van der Waals surface area (Å²) in [7, 11) is -3.89. The minimum absolute atomic E-state index is 0.208. The fraction of sp³-hybridized carbons (Fsp3) is 0.500. The van der Waals surface area contributed by atoms with Gasteiger partial charge in [-0.1, -0.05) is 0 Å². The van der Waals surface area contributed by atoms with Gasteiger partial charge < -0.3 is 10.1 Å². The molecule has 0 bridgehead atoms.